The molecule has 55 heavy (non-hydrogen) atoms. The number of thiazole rings is 1. The van der Waals surface area contributed by atoms with Gasteiger partial charge in [0.15, 0.2) is 5.13 Å². The number of amides is 3. The van der Waals surface area contributed by atoms with Crippen LogP contribution in [0.4, 0.5) is 9.93 Å². The summed E-state index contributed by atoms with van der Waals surface area (Å²) in [6, 6.07) is 5.41. The molecule has 0 spiro atoms. The van der Waals surface area contributed by atoms with E-state index >= 15 is 0 Å². The number of pyridine rings is 1. The van der Waals surface area contributed by atoms with Crippen LogP contribution in [-0.2, 0) is 23.9 Å². The van der Waals surface area contributed by atoms with Gasteiger partial charge in [-0.2, -0.15) is 0 Å². The number of hydrogen-bond donors (Lipinski definition) is 3. The molecular weight excluding hydrogens is 725 g/mol. The molecule has 5 atom stereocenters. The molecule has 3 N–H and O–H groups in total. The molecule has 3 amide bonds. The number of likely N-dealkylation sites (tertiary alicyclic amines) is 1. The van der Waals surface area contributed by atoms with Gasteiger partial charge in [0.1, 0.15) is 47.0 Å². The maximum atomic E-state index is 14.6. The molecule has 0 bridgehead atoms. The fourth-order valence-electron chi connectivity index (χ4n) is 7.40. The fraction of sp³-hybridized carbons (Fsp3) is 0.550. The number of rotatable bonds is 13. The van der Waals surface area contributed by atoms with Crippen molar-refractivity contribution in [3.05, 3.63) is 42.3 Å². The van der Waals surface area contributed by atoms with Gasteiger partial charge in [-0.1, -0.05) is 26.8 Å². The van der Waals surface area contributed by atoms with Crippen molar-refractivity contribution >= 4 is 51.2 Å². The van der Waals surface area contributed by atoms with E-state index in [0.717, 1.165) is 30.8 Å². The van der Waals surface area contributed by atoms with Crippen molar-refractivity contribution in [3.63, 3.8) is 0 Å². The zero-order valence-electron chi connectivity index (χ0n) is 32.6. The molecule has 14 nitrogen and oxygen atoms in total. The molecule has 1 saturated heterocycles. The van der Waals surface area contributed by atoms with Gasteiger partial charge < -0.3 is 39.8 Å². The molecule has 0 unspecified atom stereocenters. The van der Waals surface area contributed by atoms with Gasteiger partial charge in [0.25, 0.3) is 0 Å². The number of nitrogens with zero attached hydrogens (tertiary/aromatic N) is 3. The lowest BCUT2D eigenvalue weighted by molar-refractivity contribution is -0.148. The van der Waals surface area contributed by atoms with Crippen LogP contribution in [-0.4, -0.2) is 95.4 Å². The number of fused-ring (bicyclic) bond motifs is 1. The topological polar surface area (TPSA) is 170 Å². The minimum Gasteiger partial charge on any atom is -0.497 e. The van der Waals surface area contributed by atoms with Crippen LogP contribution in [0.1, 0.15) is 73.1 Å². The highest BCUT2D eigenvalue weighted by atomic mass is 32.1. The van der Waals surface area contributed by atoms with Crippen LogP contribution in [0.15, 0.2) is 42.3 Å². The summed E-state index contributed by atoms with van der Waals surface area (Å²) in [6.07, 6.45) is 4.01. The van der Waals surface area contributed by atoms with E-state index in [1.165, 1.54) is 23.3 Å². The van der Waals surface area contributed by atoms with Gasteiger partial charge in [-0.25, -0.2) is 19.6 Å². The van der Waals surface area contributed by atoms with Crippen molar-refractivity contribution in [2.45, 2.75) is 109 Å². The molecule has 296 valence electrons. The van der Waals surface area contributed by atoms with Gasteiger partial charge in [0.05, 0.1) is 32.0 Å². The van der Waals surface area contributed by atoms with Gasteiger partial charge in [-0.15, -0.1) is 17.9 Å². The molecule has 0 radical (unpaired) electrons. The van der Waals surface area contributed by atoms with E-state index in [1.54, 1.807) is 13.2 Å². The lowest BCUT2D eigenvalue weighted by atomic mass is 9.85. The Kier molecular flexibility index (Phi) is 11.6. The summed E-state index contributed by atoms with van der Waals surface area (Å²) in [5.74, 6) is -0.814. The summed E-state index contributed by atoms with van der Waals surface area (Å²) < 4.78 is 23.0. The maximum absolute atomic E-state index is 14.6. The SMILES string of the molecule is C=C[C@@H]1C[C@]1(NC(=O)[C@@H]1C[C@@H](Oc2cc(-c3csc(NC(C)C)n3)nc3cc(OC)ccc23)CN1C(=O)[C@@H](NC(=O)OC1CCCC1)C(C)(C)C)C(=O)OC. The van der Waals surface area contributed by atoms with Gasteiger partial charge in [-0.05, 0) is 63.5 Å². The van der Waals surface area contributed by atoms with Crippen LogP contribution in [0.3, 0.4) is 0 Å². The second-order valence-electron chi connectivity index (χ2n) is 16.0. The summed E-state index contributed by atoms with van der Waals surface area (Å²) in [4.78, 5) is 66.1. The van der Waals surface area contributed by atoms with Crippen LogP contribution in [0, 0.1) is 11.3 Å². The molecule has 3 fully saturated rings. The predicted octanol–water partition coefficient (Wildman–Crippen LogP) is 5.85. The molecule has 2 aliphatic carbocycles. The van der Waals surface area contributed by atoms with Gasteiger partial charge in [0.2, 0.25) is 11.8 Å². The molecule has 3 heterocycles. The van der Waals surface area contributed by atoms with E-state index in [-0.39, 0.29) is 31.0 Å². The normalized spacial score (nSPS) is 22.9. The Balaban J connectivity index is 1.33. The monoisotopic (exact) mass is 776 g/mol. The molecule has 3 aromatic rings. The number of carbonyl (C=O) groups excluding carboxylic acids is 4. The maximum Gasteiger partial charge on any atom is 0.408 e. The zero-order valence-corrected chi connectivity index (χ0v) is 33.4. The highest BCUT2D eigenvalue weighted by Gasteiger charge is 2.62. The largest absolute Gasteiger partial charge is 0.497 e. The standard InChI is InChI=1S/C40H52N6O8S/c1-9-23-19-40(23,36(49)52-8)45-34(47)31-17-26(20-46(31)35(48)33(39(4,5)6)44-38(50)54-24-12-10-11-13-24)53-32-18-29(30-21-55-37(43-30)41-22(2)3)42-28-16-25(51-7)14-15-27(28)32/h9,14-16,18,21-24,26,31,33H,1,10-13,17,19-20H2,2-8H3,(H,41,43)(H,44,50)(H,45,47)/t23-,26-,31+,33-,40-/m1/s1. The Bertz CT molecular complexity index is 1940. The summed E-state index contributed by atoms with van der Waals surface area (Å²) in [5.41, 5.74) is -0.192. The minimum atomic E-state index is -1.28. The Labute approximate surface area is 325 Å². The number of esters is 1. The molecule has 15 heteroatoms. The molecule has 2 saturated carbocycles. The number of methoxy groups -OCH3 is 2. The first-order valence-corrected chi connectivity index (χ1v) is 19.7. The van der Waals surface area contributed by atoms with Gasteiger partial charge >= 0.3 is 12.1 Å². The smallest absolute Gasteiger partial charge is 0.408 e. The van der Waals surface area contributed by atoms with E-state index < -0.39 is 53.0 Å². The average molecular weight is 777 g/mol. The van der Waals surface area contributed by atoms with E-state index in [2.05, 4.69) is 22.5 Å². The number of hydrogen-bond acceptors (Lipinski definition) is 12. The number of nitrogens with one attached hydrogen (secondary N) is 3. The van der Waals surface area contributed by atoms with Crippen molar-refractivity contribution in [2.24, 2.45) is 11.3 Å². The van der Waals surface area contributed by atoms with Crippen LogP contribution in [0.25, 0.3) is 22.3 Å². The van der Waals surface area contributed by atoms with Gasteiger partial charge in [-0.3, -0.25) is 9.59 Å². The summed E-state index contributed by atoms with van der Waals surface area (Å²) in [5, 5.41) is 12.4. The van der Waals surface area contributed by atoms with Crippen LogP contribution in [0.2, 0.25) is 0 Å². The Hall–Kier alpha value is -4.92. The first kappa shape index (κ1) is 39.8. The number of carbonyl (C=O) groups is 4. The predicted molar refractivity (Wildman–Crippen MR) is 209 cm³/mol. The third-order valence-electron chi connectivity index (χ3n) is 10.4. The van der Waals surface area contributed by atoms with Crippen molar-refractivity contribution in [2.75, 3.05) is 26.1 Å². The number of aromatic nitrogens is 2. The molecular formula is C40H52N6O8S. The average Bonchev–Trinajstić information content (AvgIpc) is 3.56. The van der Waals surface area contributed by atoms with E-state index in [1.807, 2.05) is 64.3 Å². The summed E-state index contributed by atoms with van der Waals surface area (Å²) in [6.45, 7) is 13.4. The van der Waals surface area contributed by atoms with Crippen LogP contribution in [0.5, 0.6) is 11.5 Å². The van der Waals surface area contributed by atoms with E-state index in [4.69, 9.17) is 28.9 Å². The Morgan fingerprint density at radius 3 is 2.44 bits per heavy atom. The molecule has 2 aromatic heterocycles. The molecule has 1 aliphatic heterocycles. The lowest BCUT2D eigenvalue weighted by Gasteiger charge is -2.35. The summed E-state index contributed by atoms with van der Waals surface area (Å²) in [7, 11) is 2.85. The molecule has 1 aromatic carbocycles. The minimum absolute atomic E-state index is 0.0213. The van der Waals surface area contributed by atoms with Crippen molar-refractivity contribution in [1.82, 2.24) is 25.5 Å². The molecule has 6 rings (SSSR count). The summed E-state index contributed by atoms with van der Waals surface area (Å²) >= 11 is 1.47. The van der Waals surface area contributed by atoms with E-state index in [9.17, 15) is 19.2 Å². The highest BCUT2D eigenvalue weighted by molar-refractivity contribution is 7.14. The van der Waals surface area contributed by atoms with Crippen LogP contribution >= 0.6 is 11.3 Å². The van der Waals surface area contributed by atoms with Crippen molar-refractivity contribution in [1.29, 1.82) is 0 Å². The van der Waals surface area contributed by atoms with Gasteiger partial charge in [0, 0.05) is 41.3 Å². The lowest BCUT2D eigenvalue weighted by Crippen LogP contribution is -2.59. The van der Waals surface area contributed by atoms with Crippen LogP contribution < -0.4 is 25.4 Å². The third kappa shape index (κ3) is 8.66. The second kappa shape index (κ2) is 16.0. The van der Waals surface area contributed by atoms with Crippen molar-refractivity contribution < 1.29 is 38.1 Å². The number of alkyl carbamates (subject to hydrolysis) is 1. The first-order valence-electron chi connectivity index (χ1n) is 18.8. The number of ether oxygens (including phenoxy) is 4. The second-order valence-corrected chi connectivity index (χ2v) is 16.8. The Morgan fingerprint density at radius 1 is 1.05 bits per heavy atom. The fourth-order valence-corrected chi connectivity index (χ4v) is 8.25. The Morgan fingerprint density at radius 2 is 1.80 bits per heavy atom. The number of anilines is 1. The molecule has 3 aliphatic rings. The number of benzene rings is 1. The highest BCUT2D eigenvalue weighted by Crippen LogP contribution is 2.46. The first-order chi connectivity index (χ1) is 26.1. The third-order valence-corrected chi connectivity index (χ3v) is 11.2. The van der Waals surface area contributed by atoms with E-state index in [0.29, 0.717) is 40.2 Å². The quantitative estimate of drug-likeness (QED) is 0.141. The zero-order chi connectivity index (χ0) is 39.7. The van der Waals surface area contributed by atoms with Crippen molar-refractivity contribution in [3.8, 4) is 22.9 Å².